The van der Waals surface area contributed by atoms with Crippen LogP contribution in [-0.2, 0) is 30.4 Å². The summed E-state index contributed by atoms with van der Waals surface area (Å²) in [6.45, 7) is 3.54. The summed E-state index contributed by atoms with van der Waals surface area (Å²) in [5.74, 6) is -4.51. The number of H-pyrrole nitrogens is 1. The lowest BCUT2D eigenvalue weighted by molar-refractivity contribution is -0.142. The number of imidazole rings is 1. The maximum absolute atomic E-state index is 13.2. The molecule has 13 nitrogen and oxygen atoms in total. The molecule has 1 aromatic rings. The van der Waals surface area contributed by atoms with Gasteiger partial charge in [-0.3, -0.25) is 19.2 Å². The van der Waals surface area contributed by atoms with Crippen LogP contribution in [0.5, 0.6) is 0 Å². The van der Waals surface area contributed by atoms with Crippen molar-refractivity contribution in [3.8, 4) is 0 Å². The number of aliphatic carboxylic acids is 2. The van der Waals surface area contributed by atoms with Gasteiger partial charge in [0.1, 0.15) is 18.1 Å². The molecule has 1 rings (SSSR count). The van der Waals surface area contributed by atoms with Gasteiger partial charge in [-0.2, -0.15) is 11.8 Å². The number of nitrogens with one attached hydrogen (secondary N) is 4. The molecule has 8 N–H and O–H groups in total. The molecule has 3 amide bonds. The molecule has 5 unspecified atom stereocenters. The fourth-order valence-electron chi connectivity index (χ4n) is 3.10. The Morgan fingerprint density at radius 3 is 2.26 bits per heavy atom. The van der Waals surface area contributed by atoms with Crippen LogP contribution in [0, 0.1) is 5.92 Å². The van der Waals surface area contributed by atoms with Crippen molar-refractivity contribution < 1.29 is 34.2 Å². The molecule has 1 aromatic heterocycles. The number of hydrogen-bond acceptors (Lipinski definition) is 8. The number of nitrogens with zero attached hydrogens (tertiary/aromatic N) is 1. The zero-order valence-corrected chi connectivity index (χ0v) is 20.8. The Bertz CT molecular complexity index is 866. The van der Waals surface area contributed by atoms with Gasteiger partial charge in [0.25, 0.3) is 0 Å². The fraction of sp³-hybridized carbons (Fsp3) is 0.619. The van der Waals surface area contributed by atoms with Gasteiger partial charge in [-0.1, -0.05) is 20.3 Å². The molecule has 0 saturated heterocycles. The highest BCUT2D eigenvalue weighted by atomic mass is 32.2. The van der Waals surface area contributed by atoms with Crippen LogP contribution in [0.25, 0.3) is 0 Å². The molecule has 0 radical (unpaired) electrons. The number of carboxylic acids is 2. The van der Waals surface area contributed by atoms with E-state index in [1.54, 1.807) is 6.92 Å². The van der Waals surface area contributed by atoms with Crippen molar-refractivity contribution in [1.82, 2.24) is 25.9 Å². The van der Waals surface area contributed by atoms with E-state index in [0.717, 1.165) is 0 Å². The second-order valence-electron chi connectivity index (χ2n) is 8.10. The largest absolute Gasteiger partial charge is 0.481 e. The summed E-state index contributed by atoms with van der Waals surface area (Å²) in [5, 5.41) is 25.8. The summed E-state index contributed by atoms with van der Waals surface area (Å²) in [7, 11) is 0. The van der Waals surface area contributed by atoms with Crippen LogP contribution >= 0.6 is 11.8 Å². The summed E-state index contributed by atoms with van der Waals surface area (Å²) in [6.07, 6.45) is 4.71. The lowest BCUT2D eigenvalue weighted by atomic mass is 9.97. The number of carbonyl (C=O) groups excluding carboxylic acids is 3. The van der Waals surface area contributed by atoms with Crippen molar-refractivity contribution in [3.05, 3.63) is 18.2 Å². The van der Waals surface area contributed by atoms with E-state index in [1.165, 1.54) is 24.3 Å². The molecule has 196 valence electrons. The van der Waals surface area contributed by atoms with E-state index in [1.807, 2.05) is 13.2 Å². The van der Waals surface area contributed by atoms with Gasteiger partial charge in [0.2, 0.25) is 17.7 Å². The first-order valence-electron chi connectivity index (χ1n) is 11.1. The fourth-order valence-corrected chi connectivity index (χ4v) is 3.57. The molecule has 0 aliphatic carbocycles. The third-order valence-electron chi connectivity index (χ3n) is 5.36. The Morgan fingerprint density at radius 2 is 1.74 bits per heavy atom. The molecule has 0 aliphatic rings. The van der Waals surface area contributed by atoms with Gasteiger partial charge >= 0.3 is 11.9 Å². The van der Waals surface area contributed by atoms with Crippen LogP contribution < -0.4 is 21.7 Å². The topological polar surface area (TPSA) is 217 Å². The molecule has 0 bridgehead atoms. The molecular formula is C21H34N6O7S. The summed E-state index contributed by atoms with van der Waals surface area (Å²) in [6, 6.07) is -4.77. The molecule has 0 aliphatic heterocycles. The van der Waals surface area contributed by atoms with E-state index in [4.69, 9.17) is 10.8 Å². The second kappa shape index (κ2) is 15.0. The first-order valence-corrected chi connectivity index (χ1v) is 12.5. The standard InChI is InChI=1S/C21H34N6O7S/c1-4-11(2)17(20(32)25-14(21(33)34)5-6-35-3)27-19(31)15(7-12-9-23-10-24-12)26-18(30)13(22)8-16(28)29/h9-11,13-15,17H,4-8,22H2,1-3H3,(H,23,24)(H,25,32)(H,26,30)(H,27,31)(H,28,29)(H,33,34). The third-order valence-corrected chi connectivity index (χ3v) is 6.01. The van der Waals surface area contributed by atoms with Gasteiger partial charge in [-0.15, -0.1) is 0 Å². The Labute approximate surface area is 207 Å². The van der Waals surface area contributed by atoms with Gasteiger partial charge in [-0.05, 0) is 24.3 Å². The predicted molar refractivity (Wildman–Crippen MR) is 128 cm³/mol. The summed E-state index contributed by atoms with van der Waals surface area (Å²) < 4.78 is 0. The number of thioether (sulfide) groups is 1. The molecule has 14 heteroatoms. The Balaban J connectivity index is 3.06. The summed E-state index contributed by atoms with van der Waals surface area (Å²) in [4.78, 5) is 67.6. The minimum Gasteiger partial charge on any atom is -0.481 e. The number of rotatable bonds is 16. The van der Waals surface area contributed by atoms with Gasteiger partial charge < -0.3 is 36.9 Å². The third kappa shape index (κ3) is 10.3. The van der Waals surface area contributed by atoms with Gasteiger partial charge in [-0.25, -0.2) is 9.78 Å². The first kappa shape index (κ1) is 29.9. The number of carboxylic acid groups (broad SMARTS) is 2. The lowest BCUT2D eigenvalue weighted by Gasteiger charge is -2.28. The summed E-state index contributed by atoms with van der Waals surface area (Å²) in [5.41, 5.74) is 6.12. The van der Waals surface area contributed by atoms with Crippen LogP contribution in [-0.4, -0.2) is 86.0 Å². The van der Waals surface area contributed by atoms with Crippen molar-refractivity contribution in [2.75, 3.05) is 12.0 Å². The lowest BCUT2D eigenvalue weighted by Crippen LogP contribution is -2.59. The first-order chi connectivity index (χ1) is 16.5. The van der Waals surface area contributed by atoms with Gasteiger partial charge in [0, 0.05) is 18.3 Å². The number of amides is 3. The van der Waals surface area contributed by atoms with Crippen molar-refractivity contribution in [2.24, 2.45) is 11.7 Å². The average molecular weight is 515 g/mol. The maximum atomic E-state index is 13.2. The molecule has 0 saturated carbocycles. The Hall–Kier alpha value is -3.13. The highest BCUT2D eigenvalue weighted by Crippen LogP contribution is 2.11. The van der Waals surface area contributed by atoms with Crippen LogP contribution in [0.4, 0.5) is 0 Å². The maximum Gasteiger partial charge on any atom is 0.326 e. The SMILES string of the molecule is CCC(C)C(NC(=O)C(Cc1cnc[nH]1)NC(=O)C(N)CC(=O)O)C(=O)NC(CCSC)C(=O)O. The smallest absolute Gasteiger partial charge is 0.326 e. The van der Waals surface area contributed by atoms with E-state index in [9.17, 15) is 29.1 Å². The molecule has 0 fully saturated rings. The van der Waals surface area contributed by atoms with E-state index < -0.39 is 60.2 Å². The zero-order chi connectivity index (χ0) is 26.5. The number of carbonyl (C=O) groups is 5. The number of nitrogens with two attached hydrogens (primary N) is 1. The Kier molecular flexibility index (Phi) is 12.8. The van der Waals surface area contributed by atoms with Crippen LogP contribution in [0.1, 0.15) is 38.8 Å². The van der Waals surface area contributed by atoms with Crippen LogP contribution in [0.3, 0.4) is 0 Å². The highest BCUT2D eigenvalue weighted by Gasteiger charge is 2.33. The number of hydrogen-bond donors (Lipinski definition) is 7. The minimum absolute atomic E-state index is 0.0301. The number of aromatic nitrogens is 2. The number of aromatic amines is 1. The predicted octanol–water partition coefficient (Wildman–Crippen LogP) is -0.908. The molecule has 5 atom stereocenters. The zero-order valence-electron chi connectivity index (χ0n) is 19.9. The van der Waals surface area contributed by atoms with Gasteiger partial charge in [0.05, 0.1) is 18.8 Å². The normalized spacial score (nSPS) is 15.2. The molecule has 0 spiro atoms. The van der Waals surface area contributed by atoms with Crippen molar-refractivity contribution >= 4 is 41.4 Å². The quantitative estimate of drug-likeness (QED) is 0.144. The highest BCUT2D eigenvalue weighted by molar-refractivity contribution is 7.98. The monoisotopic (exact) mass is 514 g/mol. The van der Waals surface area contributed by atoms with Crippen molar-refractivity contribution in [2.45, 2.75) is 63.7 Å². The van der Waals surface area contributed by atoms with E-state index in [-0.39, 0.29) is 18.8 Å². The molecule has 1 heterocycles. The van der Waals surface area contributed by atoms with Crippen LogP contribution in [0.15, 0.2) is 12.5 Å². The Morgan fingerprint density at radius 1 is 1.09 bits per heavy atom. The second-order valence-corrected chi connectivity index (χ2v) is 9.08. The molecule has 35 heavy (non-hydrogen) atoms. The van der Waals surface area contributed by atoms with Crippen molar-refractivity contribution in [3.63, 3.8) is 0 Å². The van der Waals surface area contributed by atoms with Crippen molar-refractivity contribution in [1.29, 1.82) is 0 Å². The molecular weight excluding hydrogens is 480 g/mol. The minimum atomic E-state index is -1.38. The van der Waals surface area contributed by atoms with Crippen LogP contribution in [0.2, 0.25) is 0 Å². The van der Waals surface area contributed by atoms with E-state index in [0.29, 0.717) is 17.9 Å². The van der Waals surface area contributed by atoms with Gasteiger partial charge in [0.15, 0.2) is 0 Å². The summed E-state index contributed by atoms with van der Waals surface area (Å²) >= 11 is 1.44. The van der Waals surface area contributed by atoms with E-state index in [2.05, 4.69) is 25.9 Å². The molecule has 0 aromatic carbocycles. The average Bonchev–Trinajstić information content (AvgIpc) is 3.31. The van der Waals surface area contributed by atoms with E-state index >= 15 is 0 Å².